The van der Waals surface area contributed by atoms with E-state index in [1.165, 1.54) is 6.07 Å². The number of benzene rings is 1. The minimum absolute atomic E-state index is 0.0752. The van der Waals surface area contributed by atoms with E-state index in [9.17, 15) is 31.6 Å². The van der Waals surface area contributed by atoms with Gasteiger partial charge in [0.05, 0.1) is 27.1 Å². The Hall–Kier alpha value is -1.94. The van der Waals surface area contributed by atoms with Crippen LogP contribution in [-0.2, 0) is 10.9 Å². The number of thioether (sulfide) groups is 1. The van der Waals surface area contributed by atoms with Gasteiger partial charge in [0, 0.05) is 12.8 Å². The van der Waals surface area contributed by atoms with Crippen molar-refractivity contribution in [2.24, 2.45) is 4.99 Å². The minimum Gasteiger partial charge on any atom is -0.376 e. The van der Waals surface area contributed by atoms with Gasteiger partial charge in [0.15, 0.2) is 11.5 Å². The molecule has 2 aromatic rings. The monoisotopic (exact) mass is 490 g/mol. The summed E-state index contributed by atoms with van der Waals surface area (Å²) in [6.45, 7) is 1.90. The van der Waals surface area contributed by atoms with Crippen LogP contribution in [0.5, 0.6) is 0 Å². The molecule has 0 atom stereocenters. The molecular weight excluding hydrogens is 481 g/mol. The summed E-state index contributed by atoms with van der Waals surface area (Å²) in [4.78, 5) is 3.20. The molecule has 0 amide bonds. The van der Waals surface area contributed by atoms with Crippen molar-refractivity contribution >= 4 is 47.0 Å². The van der Waals surface area contributed by atoms with Gasteiger partial charge < -0.3 is 4.74 Å². The van der Waals surface area contributed by atoms with Crippen molar-refractivity contribution in [1.29, 1.82) is 5.26 Å². The zero-order chi connectivity index (χ0) is 22.7. The Bertz CT molecular complexity index is 974. The predicted octanol–water partition coefficient (Wildman–Crippen LogP) is 6.42. The van der Waals surface area contributed by atoms with Crippen LogP contribution in [0.4, 0.5) is 32.2 Å². The number of nitriles is 1. The molecule has 0 saturated carbocycles. The van der Waals surface area contributed by atoms with Gasteiger partial charge in [-0.05, 0) is 30.8 Å². The van der Waals surface area contributed by atoms with Crippen LogP contribution in [0.2, 0.25) is 10.0 Å². The van der Waals surface area contributed by atoms with E-state index in [0.29, 0.717) is 23.4 Å². The van der Waals surface area contributed by atoms with Crippen LogP contribution < -0.4 is 0 Å². The van der Waals surface area contributed by atoms with Crippen LogP contribution in [-0.4, -0.2) is 34.7 Å². The highest BCUT2D eigenvalue weighted by atomic mass is 35.5. The summed E-state index contributed by atoms with van der Waals surface area (Å²) in [7, 11) is 0. The summed E-state index contributed by atoms with van der Waals surface area (Å²) in [6, 6.07) is 2.59. The Morgan fingerprint density at radius 2 is 1.83 bits per heavy atom. The van der Waals surface area contributed by atoms with Gasteiger partial charge >= 0.3 is 11.7 Å². The summed E-state index contributed by atoms with van der Waals surface area (Å²) >= 11 is 11.2. The molecule has 14 heteroatoms. The molecule has 0 unspecified atom stereocenters. The summed E-state index contributed by atoms with van der Waals surface area (Å²) < 4.78 is 83.6. The van der Waals surface area contributed by atoms with Gasteiger partial charge in [0.1, 0.15) is 11.8 Å². The maximum Gasteiger partial charge on any atom is 0.446 e. The standard InChI is InChI=1S/C16H10Cl2F6N4OS/c1-2-29-4-3-26-14-13(30-16(22,23)24)11(7-25)27-28(14)12-9(17)5-8(6-10(12)18)15(19,20)21/h3,5-6H,2,4H2,1H3. The Kier molecular flexibility index (Phi) is 7.68. The lowest BCUT2D eigenvalue weighted by molar-refractivity contribution is -0.137. The zero-order valence-electron chi connectivity index (χ0n) is 14.8. The maximum atomic E-state index is 13.0. The van der Waals surface area contributed by atoms with Crippen LogP contribution in [0.25, 0.3) is 5.69 Å². The van der Waals surface area contributed by atoms with Gasteiger partial charge in [-0.1, -0.05) is 23.2 Å². The van der Waals surface area contributed by atoms with E-state index < -0.39 is 55.5 Å². The highest BCUT2D eigenvalue weighted by Crippen LogP contribution is 2.46. The number of hydrogen-bond acceptors (Lipinski definition) is 5. The molecule has 0 spiro atoms. The number of alkyl halides is 6. The van der Waals surface area contributed by atoms with Crippen molar-refractivity contribution < 1.29 is 31.1 Å². The second-order valence-corrected chi connectivity index (χ2v) is 7.22. The molecule has 0 fully saturated rings. The highest BCUT2D eigenvalue weighted by molar-refractivity contribution is 8.00. The second-order valence-electron chi connectivity index (χ2n) is 5.33. The third kappa shape index (κ3) is 5.81. The molecule has 2 rings (SSSR count). The van der Waals surface area contributed by atoms with E-state index in [-0.39, 0.29) is 12.3 Å². The first kappa shape index (κ1) is 24.3. The molecule has 0 aliphatic rings. The molecule has 0 N–H and O–H groups in total. The molecule has 0 aliphatic carbocycles. The lowest BCUT2D eigenvalue weighted by Crippen LogP contribution is -2.07. The summed E-state index contributed by atoms with van der Waals surface area (Å²) in [5, 5.41) is 11.8. The van der Waals surface area contributed by atoms with Crippen LogP contribution in [0, 0.1) is 11.3 Å². The lowest BCUT2D eigenvalue weighted by Gasteiger charge is -2.13. The smallest absolute Gasteiger partial charge is 0.376 e. The topological polar surface area (TPSA) is 63.2 Å². The third-order valence-electron chi connectivity index (χ3n) is 3.31. The van der Waals surface area contributed by atoms with Gasteiger partial charge in [-0.3, -0.25) is 0 Å². The van der Waals surface area contributed by atoms with Gasteiger partial charge in [-0.15, -0.1) is 0 Å². The van der Waals surface area contributed by atoms with Crippen LogP contribution in [0.1, 0.15) is 18.2 Å². The Balaban J connectivity index is 2.73. The van der Waals surface area contributed by atoms with E-state index in [0.717, 1.165) is 6.21 Å². The van der Waals surface area contributed by atoms with Gasteiger partial charge in [0.2, 0.25) is 0 Å². The third-order valence-corrected chi connectivity index (χ3v) is 4.70. The largest absolute Gasteiger partial charge is 0.446 e. The van der Waals surface area contributed by atoms with Crippen molar-refractivity contribution in [3.8, 4) is 11.8 Å². The molecule has 30 heavy (non-hydrogen) atoms. The van der Waals surface area contributed by atoms with E-state index >= 15 is 0 Å². The molecule has 1 aromatic carbocycles. The fourth-order valence-electron chi connectivity index (χ4n) is 2.17. The number of aromatic nitrogens is 2. The fourth-order valence-corrected chi connectivity index (χ4v) is 3.46. The molecule has 1 aromatic heterocycles. The average molecular weight is 491 g/mol. The SMILES string of the molecule is CCOCC=Nc1c(SC(F)(F)F)c(C#N)nn1-c1c(Cl)cc(C(F)(F)F)cc1Cl. The number of aliphatic imine (C=N–C) groups is 1. The average Bonchev–Trinajstić information content (AvgIpc) is 2.93. The number of ether oxygens (including phenoxy) is 1. The number of halogens is 8. The molecular formula is C16H10Cl2F6N4OS. The summed E-state index contributed by atoms with van der Waals surface area (Å²) in [5.74, 6) is -0.489. The Morgan fingerprint density at radius 1 is 1.23 bits per heavy atom. The van der Waals surface area contributed by atoms with Gasteiger partial charge in [0.25, 0.3) is 0 Å². The van der Waals surface area contributed by atoms with Crippen molar-refractivity contribution in [3.05, 3.63) is 33.4 Å². The first-order chi connectivity index (χ1) is 13.9. The maximum absolute atomic E-state index is 13.0. The zero-order valence-corrected chi connectivity index (χ0v) is 17.1. The normalized spacial score (nSPS) is 12.5. The first-order valence-corrected chi connectivity index (χ1v) is 9.42. The first-order valence-electron chi connectivity index (χ1n) is 7.84. The van der Waals surface area contributed by atoms with E-state index in [1.807, 2.05) is 0 Å². The Morgan fingerprint density at radius 3 is 2.30 bits per heavy atom. The quantitative estimate of drug-likeness (QED) is 0.203. The van der Waals surface area contributed by atoms with Crippen LogP contribution >= 0.6 is 35.0 Å². The van der Waals surface area contributed by atoms with Crippen molar-refractivity contribution in [1.82, 2.24) is 9.78 Å². The Labute approximate surface area is 180 Å². The number of hydrogen-bond donors (Lipinski definition) is 0. The van der Waals surface area contributed by atoms with E-state index in [4.69, 9.17) is 27.9 Å². The predicted molar refractivity (Wildman–Crippen MR) is 99.9 cm³/mol. The summed E-state index contributed by atoms with van der Waals surface area (Å²) in [5.41, 5.74) is -6.98. The minimum atomic E-state index is -4.79. The molecule has 5 nitrogen and oxygen atoms in total. The molecule has 162 valence electrons. The molecule has 0 aliphatic heterocycles. The van der Waals surface area contributed by atoms with Crippen LogP contribution in [0.3, 0.4) is 0 Å². The molecule has 0 saturated heterocycles. The number of rotatable bonds is 6. The van der Waals surface area contributed by atoms with E-state index in [2.05, 4.69) is 10.1 Å². The van der Waals surface area contributed by atoms with Crippen molar-refractivity contribution in [3.63, 3.8) is 0 Å². The lowest BCUT2D eigenvalue weighted by atomic mass is 10.2. The van der Waals surface area contributed by atoms with E-state index in [1.54, 1.807) is 6.92 Å². The molecule has 0 bridgehead atoms. The van der Waals surface area contributed by atoms with Gasteiger partial charge in [-0.25, -0.2) is 9.67 Å². The highest BCUT2D eigenvalue weighted by Gasteiger charge is 2.36. The molecule has 0 radical (unpaired) electrons. The van der Waals surface area contributed by atoms with Crippen molar-refractivity contribution in [2.75, 3.05) is 13.2 Å². The van der Waals surface area contributed by atoms with Crippen molar-refractivity contribution in [2.45, 2.75) is 23.5 Å². The van der Waals surface area contributed by atoms with Gasteiger partial charge in [-0.2, -0.15) is 36.7 Å². The second kappa shape index (κ2) is 9.47. The molecule has 1 heterocycles. The fraction of sp³-hybridized carbons (Fsp3) is 0.312. The number of nitrogens with zero attached hydrogens (tertiary/aromatic N) is 4. The summed E-state index contributed by atoms with van der Waals surface area (Å²) in [6.07, 6.45) is -3.64. The van der Waals surface area contributed by atoms with Crippen LogP contribution in [0.15, 0.2) is 22.0 Å².